The van der Waals surface area contributed by atoms with Crippen molar-refractivity contribution in [2.24, 2.45) is 0 Å². The van der Waals surface area contributed by atoms with Gasteiger partial charge in [-0.1, -0.05) is 0 Å². The maximum absolute atomic E-state index is 11.7. The van der Waals surface area contributed by atoms with Crippen molar-refractivity contribution in [1.82, 2.24) is 24.9 Å². The Kier molecular flexibility index (Phi) is 10.2. The van der Waals surface area contributed by atoms with Crippen molar-refractivity contribution in [2.45, 2.75) is 0 Å². The summed E-state index contributed by atoms with van der Waals surface area (Å²) in [7, 11) is 1.51. The average Bonchev–Trinajstić information content (AvgIpc) is 2.60. The van der Waals surface area contributed by atoms with Crippen LogP contribution in [0, 0.1) is 0 Å². The van der Waals surface area contributed by atoms with Crippen LogP contribution >= 0.6 is 0 Å². The fraction of sp³-hybridized carbons (Fsp3) is 0.750. The number of likely N-dealkylation sites (N-methyl/N-ethyl adjacent to an activating group) is 1. The predicted octanol–water partition coefficient (Wildman–Crippen LogP) is -2.20. The quantitative estimate of drug-likeness (QED) is 0.384. The fourth-order valence-electron chi connectivity index (χ4n) is 2.87. The third-order valence-electron chi connectivity index (χ3n) is 4.47. The highest BCUT2D eigenvalue weighted by atomic mass is 16.4. The lowest BCUT2D eigenvalue weighted by molar-refractivity contribution is -0.140. The summed E-state index contributed by atoms with van der Waals surface area (Å²) in [5, 5.41) is 30.1. The number of carbonyl (C=O) groups excluding carboxylic acids is 1. The van der Waals surface area contributed by atoms with Gasteiger partial charge in [0.25, 0.3) is 0 Å². The average molecular weight is 403 g/mol. The first kappa shape index (κ1) is 23.6. The van der Waals surface area contributed by atoms with Crippen LogP contribution in [0.4, 0.5) is 4.79 Å². The molecule has 1 aliphatic rings. The molecule has 0 radical (unpaired) electrons. The van der Waals surface area contributed by atoms with E-state index in [0.29, 0.717) is 32.7 Å². The first-order valence-corrected chi connectivity index (χ1v) is 9.00. The maximum Gasteiger partial charge on any atom is 0.407 e. The number of carboxylic acids is 2. The minimum Gasteiger partial charge on any atom is -0.480 e. The molecule has 12 heteroatoms. The summed E-state index contributed by atoms with van der Waals surface area (Å²) in [5.74, 6) is -2.24. The molecule has 1 saturated heterocycles. The third-order valence-corrected chi connectivity index (χ3v) is 4.47. The summed E-state index contributed by atoms with van der Waals surface area (Å²) in [6.45, 7) is 1.78. The molecule has 1 heterocycles. The normalized spacial score (nSPS) is 18.7. The second kappa shape index (κ2) is 12.1. The minimum absolute atomic E-state index is 0.0794. The number of aliphatic carboxylic acids is 2. The Morgan fingerprint density at radius 1 is 0.679 bits per heavy atom. The molecule has 28 heavy (non-hydrogen) atoms. The first-order valence-electron chi connectivity index (χ1n) is 9.00. The maximum atomic E-state index is 11.7. The topological polar surface area (TPSA) is 154 Å². The van der Waals surface area contributed by atoms with E-state index in [4.69, 9.17) is 10.2 Å². The number of carbonyl (C=O) groups is 4. The molecule has 2 amide bonds. The molecular formula is C16H29N5O7. The van der Waals surface area contributed by atoms with Gasteiger partial charge in [0.05, 0.1) is 19.6 Å². The highest BCUT2D eigenvalue weighted by molar-refractivity contribution is 5.77. The van der Waals surface area contributed by atoms with Gasteiger partial charge in [-0.3, -0.25) is 29.1 Å². The predicted molar refractivity (Wildman–Crippen MR) is 98.3 cm³/mol. The van der Waals surface area contributed by atoms with Crippen LogP contribution in [0.25, 0.3) is 0 Å². The molecule has 0 aromatic heterocycles. The highest BCUT2D eigenvalue weighted by Gasteiger charge is 2.21. The summed E-state index contributed by atoms with van der Waals surface area (Å²) in [6.07, 6.45) is -1.11. The third kappa shape index (κ3) is 9.48. The van der Waals surface area contributed by atoms with E-state index >= 15 is 0 Å². The Bertz CT molecular complexity index is 560. The summed E-state index contributed by atoms with van der Waals surface area (Å²) >= 11 is 0. The Morgan fingerprint density at radius 3 is 1.36 bits per heavy atom. The van der Waals surface area contributed by atoms with Crippen LogP contribution in [0.15, 0.2) is 0 Å². The zero-order valence-corrected chi connectivity index (χ0v) is 16.0. The van der Waals surface area contributed by atoms with Gasteiger partial charge in [0.2, 0.25) is 5.91 Å². The molecule has 0 aliphatic carbocycles. The van der Waals surface area contributed by atoms with Gasteiger partial charge in [0.15, 0.2) is 0 Å². The van der Waals surface area contributed by atoms with E-state index in [1.807, 2.05) is 0 Å². The summed E-state index contributed by atoms with van der Waals surface area (Å²) in [4.78, 5) is 51.6. The van der Waals surface area contributed by atoms with Crippen molar-refractivity contribution < 1.29 is 34.5 Å². The lowest BCUT2D eigenvalue weighted by atomic mass is 10.3. The van der Waals surface area contributed by atoms with Gasteiger partial charge in [0.1, 0.15) is 0 Å². The molecule has 0 saturated carbocycles. The van der Waals surface area contributed by atoms with Crippen molar-refractivity contribution in [1.29, 1.82) is 0 Å². The van der Waals surface area contributed by atoms with Gasteiger partial charge < -0.3 is 25.5 Å². The molecule has 0 bridgehead atoms. The second-order valence-corrected chi connectivity index (χ2v) is 6.56. The van der Waals surface area contributed by atoms with Gasteiger partial charge in [0, 0.05) is 59.4 Å². The van der Waals surface area contributed by atoms with Crippen molar-refractivity contribution in [3.8, 4) is 0 Å². The molecule has 0 spiro atoms. The van der Waals surface area contributed by atoms with Crippen LogP contribution in [-0.2, 0) is 14.4 Å². The van der Waals surface area contributed by atoms with Crippen LogP contribution in [0.5, 0.6) is 0 Å². The van der Waals surface area contributed by atoms with E-state index in [-0.39, 0.29) is 45.2 Å². The number of carboxylic acid groups (broad SMARTS) is 3. The fourth-order valence-corrected chi connectivity index (χ4v) is 2.87. The zero-order chi connectivity index (χ0) is 21.1. The van der Waals surface area contributed by atoms with Gasteiger partial charge in [-0.05, 0) is 0 Å². The monoisotopic (exact) mass is 403 g/mol. The Labute approximate surface area is 163 Å². The van der Waals surface area contributed by atoms with E-state index < -0.39 is 18.0 Å². The summed E-state index contributed by atoms with van der Waals surface area (Å²) < 4.78 is 0. The van der Waals surface area contributed by atoms with Crippen molar-refractivity contribution in [2.75, 3.05) is 79.0 Å². The molecule has 1 rings (SSSR count). The van der Waals surface area contributed by atoms with Crippen molar-refractivity contribution in [3.05, 3.63) is 0 Å². The second-order valence-electron chi connectivity index (χ2n) is 6.56. The van der Waals surface area contributed by atoms with Gasteiger partial charge in [-0.25, -0.2) is 4.79 Å². The van der Waals surface area contributed by atoms with Crippen LogP contribution < -0.4 is 5.32 Å². The molecule has 4 N–H and O–H groups in total. The Balaban J connectivity index is 2.91. The number of hydrogen-bond acceptors (Lipinski definition) is 7. The lowest BCUT2D eigenvalue weighted by Gasteiger charge is -2.32. The van der Waals surface area contributed by atoms with Crippen molar-refractivity contribution in [3.63, 3.8) is 0 Å². The summed E-state index contributed by atoms with van der Waals surface area (Å²) in [5.41, 5.74) is 0. The lowest BCUT2D eigenvalue weighted by Crippen LogP contribution is -2.49. The molecular weight excluding hydrogens is 374 g/mol. The van der Waals surface area contributed by atoms with E-state index in [9.17, 15) is 24.3 Å². The Morgan fingerprint density at radius 2 is 1.04 bits per heavy atom. The van der Waals surface area contributed by atoms with E-state index in [1.54, 1.807) is 14.7 Å². The first-order chi connectivity index (χ1) is 13.2. The SMILES string of the molecule is CNC(=O)CN1CCN(CC(=O)O)CCN(CC(=O)O)CCN(C(=O)O)CC1. The highest BCUT2D eigenvalue weighted by Crippen LogP contribution is 2.01. The van der Waals surface area contributed by atoms with Crippen molar-refractivity contribution >= 4 is 23.9 Å². The van der Waals surface area contributed by atoms with Gasteiger partial charge in [-0.15, -0.1) is 0 Å². The van der Waals surface area contributed by atoms with Crippen LogP contribution in [0.3, 0.4) is 0 Å². The standard InChI is InChI=1S/C16H29N5O7/c1-17-13(22)10-18-2-3-19(11-14(23)24)4-5-20(12-15(25)26)7-9-21(8-6-18)16(27)28/h2-12H2,1H3,(H,17,22)(H,23,24)(H,25,26)(H,27,28). The molecule has 0 aromatic carbocycles. The smallest absolute Gasteiger partial charge is 0.407 e. The van der Waals surface area contributed by atoms with E-state index in [2.05, 4.69) is 5.32 Å². The largest absolute Gasteiger partial charge is 0.480 e. The minimum atomic E-state index is -1.11. The molecule has 160 valence electrons. The molecule has 1 aliphatic heterocycles. The van der Waals surface area contributed by atoms with Gasteiger partial charge in [-0.2, -0.15) is 0 Å². The Hall–Kier alpha value is -2.44. The summed E-state index contributed by atoms with van der Waals surface area (Å²) in [6, 6.07) is 0. The number of rotatable bonds is 6. The number of hydrogen-bond donors (Lipinski definition) is 4. The molecule has 0 unspecified atom stereocenters. The van der Waals surface area contributed by atoms with E-state index in [0.717, 1.165) is 0 Å². The zero-order valence-electron chi connectivity index (χ0n) is 16.0. The molecule has 12 nitrogen and oxygen atoms in total. The molecule has 0 atom stereocenters. The van der Waals surface area contributed by atoms with Crippen LogP contribution in [0.1, 0.15) is 0 Å². The number of nitrogens with one attached hydrogen (secondary N) is 1. The van der Waals surface area contributed by atoms with Crippen LogP contribution in [0.2, 0.25) is 0 Å². The van der Waals surface area contributed by atoms with Crippen LogP contribution in [-0.4, -0.2) is 138 Å². The number of nitrogens with zero attached hydrogens (tertiary/aromatic N) is 4. The molecule has 0 aromatic rings. The molecule has 1 fully saturated rings. The number of amides is 2. The van der Waals surface area contributed by atoms with E-state index in [1.165, 1.54) is 11.9 Å². The van der Waals surface area contributed by atoms with Gasteiger partial charge >= 0.3 is 18.0 Å².